The van der Waals surface area contributed by atoms with Crippen LogP contribution in [0.5, 0.6) is 17.4 Å². The van der Waals surface area contributed by atoms with Gasteiger partial charge >= 0.3 is 5.15 Å². The number of methoxy groups -OCH3 is 1. The molecule has 0 unspecified atom stereocenters. The summed E-state index contributed by atoms with van der Waals surface area (Å²) in [5.41, 5.74) is 0. The lowest BCUT2D eigenvalue weighted by Crippen LogP contribution is -2.32. The maximum Gasteiger partial charge on any atom is 0.313 e. The highest BCUT2D eigenvalue weighted by molar-refractivity contribution is 14.1. The van der Waals surface area contributed by atoms with E-state index in [0.29, 0.717) is 16.3 Å². The van der Waals surface area contributed by atoms with Crippen molar-refractivity contribution in [1.29, 1.82) is 0 Å². The Morgan fingerprint density at radius 2 is 2.00 bits per heavy atom. The zero-order valence-electron chi connectivity index (χ0n) is 9.26. The van der Waals surface area contributed by atoms with Crippen LogP contribution in [0.15, 0.2) is 30.3 Å². The first-order valence-electron chi connectivity index (χ1n) is 4.88. The fourth-order valence-corrected chi connectivity index (χ4v) is 2.06. The number of halogens is 2. The van der Waals surface area contributed by atoms with Crippen molar-refractivity contribution in [2.75, 3.05) is 7.11 Å². The molecule has 2 rings (SSSR count). The minimum Gasteiger partial charge on any atom is -0.593 e. The third-order valence-electron chi connectivity index (χ3n) is 2.10. The summed E-state index contributed by atoms with van der Waals surface area (Å²) in [4.78, 5) is 0.296. The van der Waals surface area contributed by atoms with Gasteiger partial charge in [0, 0.05) is 12.1 Å². The first-order valence-corrected chi connectivity index (χ1v) is 6.34. The predicted octanol–water partition coefficient (Wildman–Crippen LogP) is 2.77. The van der Waals surface area contributed by atoms with E-state index >= 15 is 0 Å². The number of nitrogens with zero attached hydrogens (tertiary/aromatic N) is 2. The molecule has 0 N–H and O–H groups in total. The van der Waals surface area contributed by atoms with Crippen LogP contribution in [0.2, 0.25) is 5.15 Å². The molecular formula is C11H8ClIN2O3. The summed E-state index contributed by atoms with van der Waals surface area (Å²) < 4.78 is 11.5. The quantitative estimate of drug-likeness (QED) is 0.468. The molecule has 0 amide bonds. The van der Waals surface area contributed by atoms with Crippen molar-refractivity contribution in [3.63, 3.8) is 0 Å². The monoisotopic (exact) mass is 378 g/mol. The van der Waals surface area contributed by atoms with Crippen LogP contribution in [-0.4, -0.2) is 12.2 Å². The number of aromatic nitrogens is 2. The highest BCUT2D eigenvalue weighted by Gasteiger charge is 2.11. The molecule has 0 spiro atoms. The van der Waals surface area contributed by atoms with Crippen molar-refractivity contribution in [2.24, 2.45) is 0 Å². The summed E-state index contributed by atoms with van der Waals surface area (Å²) in [6.45, 7) is 0. The fourth-order valence-electron chi connectivity index (χ4n) is 1.27. The van der Waals surface area contributed by atoms with Crippen LogP contribution in [0.1, 0.15) is 0 Å². The maximum absolute atomic E-state index is 11.2. The molecule has 2 aromatic rings. The van der Waals surface area contributed by atoms with Crippen LogP contribution in [0, 0.1) is 8.78 Å². The third-order valence-corrected chi connectivity index (χ3v) is 3.43. The summed E-state index contributed by atoms with van der Waals surface area (Å²) in [5, 5.41) is 14.8. The van der Waals surface area contributed by atoms with Crippen LogP contribution in [-0.2, 0) is 0 Å². The van der Waals surface area contributed by atoms with E-state index < -0.39 is 0 Å². The van der Waals surface area contributed by atoms with Crippen molar-refractivity contribution < 1.29 is 14.3 Å². The molecule has 0 bridgehead atoms. The lowest BCUT2D eigenvalue weighted by atomic mass is 10.3. The number of benzene rings is 1. The summed E-state index contributed by atoms with van der Waals surface area (Å²) in [5.74, 6) is 1.42. The van der Waals surface area contributed by atoms with Gasteiger partial charge in [-0.15, -0.1) is 0 Å². The second-order valence-electron chi connectivity index (χ2n) is 3.24. The van der Waals surface area contributed by atoms with Crippen molar-refractivity contribution in [3.8, 4) is 17.4 Å². The Morgan fingerprint density at radius 3 is 2.67 bits per heavy atom. The van der Waals surface area contributed by atoms with Crippen LogP contribution < -0.4 is 14.3 Å². The van der Waals surface area contributed by atoms with Crippen LogP contribution in [0.3, 0.4) is 0 Å². The number of hydrogen-bond donors (Lipinski definition) is 0. The molecule has 0 atom stereocenters. The van der Waals surface area contributed by atoms with Gasteiger partial charge in [-0.1, -0.05) is 6.07 Å². The molecule has 0 fully saturated rings. The van der Waals surface area contributed by atoms with E-state index in [2.05, 4.69) is 27.7 Å². The van der Waals surface area contributed by atoms with Gasteiger partial charge < -0.3 is 14.7 Å². The molecule has 0 aliphatic heterocycles. The van der Waals surface area contributed by atoms with E-state index in [4.69, 9.17) is 21.1 Å². The second kappa shape index (κ2) is 5.57. The topological polar surface area (TPSA) is 58.3 Å². The summed E-state index contributed by atoms with van der Waals surface area (Å²) in [6, 6.07) is 8.31. The molecule has 1 heterocycles. The Kier molecular flexibility index (Phi) is 4.07. The van der Waals surface area contributed by atoms with Crippen LogP contribution in [0.25, 0.3) is 0 Å². The van der Waals surface area contributed by atoms with Gasteiger partial charge in [-0.05, 0) is 51.2 Å². The Balaban J connectivity index is 2.31. The summed E-state index contributed by atoms with van der Waals surface area (Å²) >= 11 is 7.67. The van der Waals surface area contributed by atoms with Gasteiger partial charge in [-0.3, -0.25) is 0 Å². The fraction of sp³-hybridized carbons (Fsp3) is 0.0909. The SMILES string of the molecule is COc1cccc(Oc2ccc(Cl)[n+]([O-])n2)c1I. The molecule has 0 aliphatic rings. The number of ether oxygens (including phenoxy) is 2. The molecule has 1 aromatic heterocycles. The average molecular weight is 379 g/mol. The van der Waals surface area contributed by atoms with Crippen LogP contribution in [0.4, 0.5) is 0 Å². The first kappa shape index (κ1) is 13.2. The van der Waals surface area contributed by atoms with Gasteiger partial charge in [0.1, 0.15) is 11.5 Å². The molecular weight excluding hydrogens is 370 g/mol. The predicted molar refractivity (Wildman–Crippen MR) is 74.0 cm³/mol. The Bertz CT molecular complexity index is 580. The minimum absolute atomic E-state index is 0.0114. The molecule has 7 heteroatoms. The lowest BCUT2D eigenvalue weighted by Gasteiger charge is -2.09. The second-order valence-corrected chi connectivity index (χ2v) is 4.71. The molecule has 94 valence electrons. The van der Waals surface area contributed by atoms with Crippen molar-refractivity contribution in [2.45, 2.75) is 0 Å². The van der Waals surface area contributed by atoms with Gasteiger partial charge in [0.05, 0.1) is 15.8 Å². The summed E-state index contributed by atoms with van der Waals surface area (Å²) in [6.07, 6.45) is 0. The van der Waals surface area contributed by atoms with Crippen molar-refractivity contribution in [1.82, 2.24) is 5.10 Å². The molecule has 18 heavy (non-hydrogen) atoms. The number of hydrogen-bond acceptors (Lipinski definition) is 4. The standard InChI is InChI=1S/C11H8ClIN2O3/c1-17-7-3-2-4-8(11(7)13)18-10-6-5-9(12)15(16)14-10/h2-6H,1H3. The maximum atomic E-state index is 11.2. The zero-order valence-corrected chi connectivity index (χ0v) is 12.2. The highest BCUT2D eigenvalue weighted by atomic mass is 127. The van der Waals surface area contributed by atoms with E-state index in [1.54, 1.807) is 19.2 Å². The number of rotatable bonds is 3. The molecule has 0 saturated heterocycles. The van der Waals surface area contributed by atoms with Gasteiger partial charge in [0.15, 0.2) is 0 Å². The van der Waals surface area contributed by atoms with Gasteiger partial charge in [-0.25, -0.2) is 0 Å². The zero-order chi connectivity index (χ0) is 13.1. The van der Waals surface area contributed by atoms with E-state index in [1.165, 1.54) is 12.1 Å². The largest absolute Gasteiger partial charge is 0.593 e. The highest BCUT2D eigenvalue weighted by Crippen LogP contribution is 2.32. The van der Waals surface area contributed by atoms with E-state index in [9.17, 15) is 5.21 Å². The normalized spacial score (nSPS) is 10.2. The van der Waals surface area contributed by atoms with Gasteiger partial charge in [0.2, 0.25) is 0 Å². The first-order chi connectivity index (χ1) is 8.61. The van der Waals surface area contributed by atoms with Crippen molar-refractivity contribution >= 4 is 34.2 Å². The smallest absolute Gasteiger partial charge is 0.313 e. The molecule has 0 aliphatic carbocycles. The van der Waals surface area contributed by atoms with Gasteiger partial charge in [-0.2, -0.15) is 0 Å². The average Bonchev–Trinajstić information content (AvgIpc) is 2.36. The Hall–Kier alpha value is -1.28. The third kappa shape index (κ3) is 2.75. The summed E-state index contributed by atoms with van der Waals surface area (Å²) in [7, 11) is 1.58. The Morgan fingerprint density at radius 1 is 1.28 bits per heavy atom. The van der Waals surface area contributed by atoms with E-state index in [0.717, 1.165) is 3.57 Å². The van der Waals surface area contributed by atoms with Crippen molar-refractivity contribution in [3.05, 3.63) is 44.3 Å². The lowest BCUT2D eigenvalue weighted by molar-refractivity contribution is -0.667. The van der Waals surface area contributed by atoms with E-state index in [1.807, 2.05) is 6.07 Å². The molecule has 1 aromatic carbocycles. The minimum atomic E-state index is -0.0114. The molecule has 0 radical (unpaired) electrons. The van der Waals surface area contributed by atoms with Gasteiger partial charge in [0.25, 0.3) is 5.88 Å². The molecule has 5 nitrogen and oxygen atoms in total. The van der Waals surface area contributed by atoms with E-state index in [-0.39, 0.29) is 11.0 Å². The van der Waals surface area contributed by atoms with Crippen LogP contribution >= 0.6 is 34.2 Å². The molecule has 0 saturated carbocycles. The Labute approximate surface area is 122 Å².